The molecule has 4 rings (SSSR count). The van der Waals surface area contributed by atoms with Gasteiger partial charge in [0.1, 0.15) is 23.9 Å². The maximum absolute atomic E-state index is 12.3. The molecule has 2 heterocycles. The molecular weight excluding hydrogens is 426 g/mol. The molecule has 0 bridgehead atoms. The van der Waals surface area contributed by atoms with Crippen LogP contribution in [0.15, 0.2) is 54.6 Å². The fraction of sp³-hybridized carbons (Fsp3) is 0.217. The van der Waals surface area contributed by atoms with Crippen molar-refractivity contribution in [3.8, 4) is 34.5 Å². The van der Waals surface area contributed by atoms with E-state index in [0.29, 0.717) is 52.3 Å². The summed E-state index contributed by atoms with van der Waals surface area (Å²) >= 11 is 0. The summed E-state index contributed by atoms with van der Waals surface area (Å²) in [6.45, 7) is 0.536. The molecule has 0 aliphatic rings. The van der Waals surface area contributed by atoms with E-state index in [1.54, 1.807) is 68.3 Å². The number of hydrogen-bond donors (Lipinski definition) is 1. The zero-order chi connectivity index (χ0) is 23.2. The van der Waals surface area contributed by atoms with Crippen LogP contribution >= 0.6 is 0 Å². The summed E-state index contributed by atoms with van der Waals surface area (Å²) in [6.07, 6.45) is 0. The Morgan fingerprint density at radius 2 is 1.76 bits per heavy atom. The molecule has 33 heavy (non-hydrogen) atoms. The highest BCUT2D eigenvalue weighted by Gasteiger charge is 2.16. The van der Waals surface area contributed by atoms with E-state index in [-0.39, 0.29) is 12.5 Å². The molecule has 2 aromatic carbocycles. The first-order chi connectivity index (χ1) is 16.1. The van der Waals surface area contributed by atoms with Crippen molar-refractivity contribution < 1.29 is 23.7 Å². The molecule has 0 saturated carbocycles. The number of amides is 1. The Morgan fingerprint density at radius 3 is 2.55 bits per heavy atom. The van der Waals surface area contributed by atoms with E-state index in [1.807, 2.05) is 12.1 Å². The standard InChI is InChI=1S/C23H23N5O5/c1-30-16-6-4-5-15(13-16)23(29)24-11-12-33-21-10-9-20-25-26-22(28(20)27-21)18-8-7-17(31-2)14-19(18)32-3/h4-10,13-14H,11-12H2,1-3H3,(H,24,29). The molecule has 0 aliphatic heterocycles. The lowest BCUT2D eigenvalue weighted by atomic mass is 10.2. The van der Waals surface area contributed by atoms with Crippen LogP contribution in [0.2, 0.25) is 0 Å². The first kappa shape index (κ1) is 21.9. The second-order valence-electron chi connectivity index (χ2n) is 6.87. The number of methoxy groups -OCH3 is 3. The Morgan fingerprint density at radius 1 is 0.939 bits per heavy atom. The van der Waals surface area contributed by atoms with E-state index in [1.165, 1.54) is 0 Å². The zero-order valence-electron chi connectivity index (χ0n) is 18.4. The van der Waals surface area contributed by atoms with E-state index >= 15 is 0 Å². The smallest absolute Gasteiger partial charge is 0.251 e. The highest BCUT2D eigenvalue weighted by Crippen LogP contribution is 2.32. The van der Waals surface area contributed by atoms with Gasteiger partial charge in [-0.15, -0.1) is 15.3 Å². The fourth-order valence-electron chi connectivity index (χ4n) is 3.19. The monoisotopic (exact) mass is 449 g/mol. The predicted molar refractivity (Wildman–Crippen MR) is 120 cm³/mol. The van der Waals surface area contributed by atoms with Gasteiger partial charge < -0.3 is 24.3 Å². The molecule has 0 saturated heterocycles. The molecular formula is C23H23N5O5. The number of hydrogen-bond acceptors (Lipinski definition) is 8. The maximum atomic E-state index is 12.3. The minimum absolute atomic E-state index is 0.214. The molecule has 2 aromatic heterocycles. The van der Waals surface area contributed by atoms with Crippen molar-refractivity contribution in [1.82, 2.24) is 25.1 Å². The number of fused-ring (bicyclic) bond motifs is 1. The van der Waals surface area contributed by atoms with Gasteiger partial charge in [0.05, 0.1) is 33.4 Å². The second kappa shape index (κ2) is 9.86. The highest BCUT2D eigenvalue weighted by atomic mass is 16.5. The van der Waals surface area contributed by atoms with Crippen LogP contribution in [-0.2, 0) is 0 Å². The Kier molecular flexibility index (Phi) is 6.53. The van der Waals surface area contributed by atoms with Crippen LogP contribution < -0.4 is 24.3 Å². The summed E-state index contributed by atoms with van der Waals surface area (Å²) in [4.78, 5) is 12.3. The van der Waals surface area contributed by atoms with Gasteiger partial charge in [-0.05, 0) is 36.4 Å². The van der Waals surface area contributed by atoms with Gasteiger partial charge in [0.25, 0.3) is 5.91 Å². The number of ether oxygens (including phenoxy) is 4. The first-order valence-corrected chi connectivity index (χ1v) is 10.1. The van der Waals surface area contributed by atoms with Gasteiger partial charge in [-0.25, -0.2) is 0 Å². The Bertz CT molecular complexity index is 1270. The van der Waals surface area contributed by atoms with Crippen molar-refractivity contribution in [2.75, 3.05) is 34.5 Å². The van der Waals surface area contributed by atoms with Crippen LogP contribution in [0.25, 0.3) is 17.0 Å². The lowest BCUT2D eigenvalue weighted by Crippen LogP contribution is -2.28. The zero-order valence-corrected chi connectivity index (χ0v) is 18.4. The van der Waals surface area contributed by atoms with Crippen LogP contribution in [0.4, 0.5) is 0 Å². The topological polar surface area (TPSA) is 109 Å². The molecule has 0 spiro atoms. The van der Waals surface area contributed by atoms with Crippen molar-refractivity contribution in [2.24, 2.45) is 0 Å². The third-order valence-electron chi connectivity index (χ3n) is 4.86. The van der Waals surface area contributed by atoms with Gasteiger partial charge in [-0.1, -0.05) is 6.07 Å². The molecule has 170 valence electrons. The molecule has 0 aliphatic carbocycles. The van der Waals surface area contributed by atoms with Crippen molar-refractivity contribution >= 4 is 11.6 Å². The Hall–Kier alpha value is -4.34. The number of carbonyl (C=O) groups is 1. The lowest BCUT2D eigenvalue weighted by Gasteiger charge is -2.10. The van der Waals surface area contributed by atoms with Crippen molar-refractivity contribution in [1.29, 1.82) is 0 Å². The number of nitrogens with zero attached hydrogens (tertiary/aromatic N) is 4. The number of benzene rings is 2. The van der Waals surface area contributed by atoms with Crippen LogP contribution in [0.5, 0.6) is 23.1 Å². The molecule has 1 N–H and O–H groups in total. The van der Waals surface area contributed by atoms with Crippen LogP contribution in [0, 0.1) is 0 Å². The molecule has 10 heteroatoms. The van der Waals surface area contributed by atoms with E-state index in [2.05, 4.69) is 20.6 Å². The second-order valence-corrected chi connectivity index (χ2v) is 6.87. The third-order valence-corrected chi connectivity index (χ3v) is 4.86. The summed E-state index contributed by atoms with van der Waals surface area (Å²) in [5, 5.41) is 15.7. The van der Waals surface area contributed by atoms with Gasteiger partial charge in [-0.3, -0.25) is 4.79 Å². The SMILES string of the molecule is COc1cccc(C(=O)NCCOc2ccc3nnc(-c4ccc(OC)cc4OC)n3n2)c1. The van der Waals surface area contributed by atoms with Gasteiger partial charge >= 0.3 is 0 Å². The van der Waals surface area contributed by atoms with Crippen molar-refractivity contribution in [2.45, 2.75) is 0 Å². The molecule has 0 fully saturated rings. The van der Waals surface area contributed by atoms with Gasteiger partial charge in [0, 0.05) is 17.7 Å². The average Bonchev–Trinajstić information content (AvgIpc) is 3.29. The van der Waals surface area contributed by atoms with Crippen LogP contribution in [0.1, 0.15) is 10.4 Å². The average molecular weight is 449 g/mol. The number of carbonyl (C=O) groups excluding carboxylic acids is 1. The molecule has 1 amide bonds. The van der Waals surface area contributed by atoms with E-state index < -0.39 is 0 Å². The normalized spacial score (nSPS) is 10.6. The van der Waals surface area contributed by atoms with Gasteiger partial charge in [-0.2, -0.15) is 4.52 Å². The van der Waals surface area contributed by atoms with Gasteiger partial charge in [0.2, 0.25) is 5.88 Å². The van der Waals surface area contributed by atoms with Crippen LogP contribution in [0.3, 0.4) is 0 Å². The first-order valence-electron chi connectivity index (χ1n) is 10.1. The molecule has 4 aromatic rings. The predicted octanol–water partition coefficient (Wildman–Crippen LogP) is 2.63. The summed E-state index contributed by atoms with van der Waals surface area (Å²) in [5.41, 5.74) is 1.78. The third kappa shape index (κ3) is 4.79. The fourth-order valence-corrected chi connectivity index (χ4v) is 3.19. The number of nitrogens with one attached hydrogen (secondary N) is 1. The van der Waals surface area contributed by atoms with E-state index in [0.717, 1.165) is 0 Å². The Balaban J connectivity index is 1.44. The molecule has 0 unspecified atom stereocenters. The van der Waals surface area contributed by atoms with E-state index in [4.69, 9.17) is 18.9 Å². The Labute approximate surface area is 190 Å². The van der Waals surface area contributed by atoms with E-state index in [9.17, 15) is 4.79 Å². The minimum atomic E-state index is -0.214. The number of aromatic nitrogens is 4. The largest absolute Gasteiger partial charge is 0.497 e. The number of rotatable bonds is 9. The minimum Gasteiger partial charge on any atom is -0.497 e. The summed E-state index contributed by atoms with van der Waals surface area (Å²) < 4.78 is 23.2. The summed E-state index contributed by atoms with van der Waals surface area (Å²) in [5.74, 6) is 2.52. The quantitative estimate of drug-likeness (QED) is 0.389. The molecule has 10 nitrogen and oxygen atoms in total. The van der Waals surface area contributed by atoms with Crippen LogP contribution in [-0.4, -0.2) is 60.2 Å². The summed E-state index contributed by atoms with van der Waals surface area (Å²) in [7, 11) is 4.72. The molecule has 0 atom stereocenters. The highest BCUT2D eigenvalue weighted by molar-refractivity contribution is 5.94. The van der Waals surface area contributed by atoms with Crippen molar-refractivity contribution in [3.63, 3.8) is 0 Å². The van der Waals surface area contributed by atoms with Gasteiger partial charge in [0.15, 0.2) is 11.5 Å². The summed E-state index contributed by atoms with van der Waals surface area (Å²) in [6, 6.07) is 15.8. The van der Waals surface area contributed by atoms with Crippen molar-refractivity contribution in [3.05, 3.63) is 60.2 Å². The maximum Gasteiger partial charge on any atom is 0.251 e. The molecule has 0 radical (unpaired) electrons. The lowest BCUT2D eigenvalue weighted by molar-refractivity contribution is 0.0946.